The highest BCUT2D eigenvalue weighted by atomic mass is 32.2. The lowest BCUT2D eigenvalue weighted by Crippen LogP contribution is -2.14. The van der Waals surface area contributed by atoms with E-state index in [2.05, 4.69) is 0 Å². The van der Waals surface area contributed by atoms with Crippen LogP contribution in [0, 0.1) is 0 Å². The number of aromatic hydroxyl groups is 1. The molecule has 2 aromatic rings. The van der Waals surface area contributed by atoms with Gasteiger partial charge in [-0.05, 0) is 52.6 Å². The number of rotatable bonds is 5. The van der Waals surface area contributed by atoms with E-state index in [-0.39, 0.29) is 27.8 Å². The minimum Gasteiger partial charge on any atom is -0.506 e. The monoisotopic (exact) mass is 478 g/mol. The van der Waals surface area contributed by atoms with Crippen molar-refractivity contribution in [3.8, 4) is 5.75 Å². The Balaban J connectivity index is 2.48. The molecule has 0 radical (unpaired) electrons. The van der Waals surface area contributed by atoms with E-state index in [0.29, 0.717) is 0 Å². The lowest BCUT2D eigenvalue weighted by molar-refractivity contribution is -0.110. The number of carboxylic acid groups (broad SMARTS) is 1. The van der Waals surface area contributed by atoms with Crippen LogP contribution in [0.25, 0.3) is 5.57 Å². The number of benzene rings is 2. The molecular weight excluding hydrogens is 464 g/mol. The average Bonchev–Trinajstić information content (AvgIpc) is 2.69. The van der Waals surface area contributed by atoms with E-state index in [1.807, 2.05) is 0 Å². The van der Waals surface area contributed by atoms with Crippen molar-refractivity contribution >= 4 is 37.6 Å². The number of carbonyl (C=O) groups excluding carboxylic acids is 1. The fourth-order valence-corrected chi connectivity index (χ4v) is 4.31. The van der Waals surface area contributed by atoms with Crippen LogP contribution in [0.5, 0.6) is 5.75 Å². The highest BCUT2D eigenvalue weighted by Gasteiger charge is 2.27. The second-order valence-corrected chi connectivity index (χ2v) is 9.30. The highest BCUT2D eigenvalue weighted by molar-refractivity contribution is 7.90. The summed E-state index contributed by atoms with van der Waals surface area (Å²) in [6.45, 7) is 0. The predicted molar refractivity (Wildman–Crippen MR) is 111 cm³/mol. The summed E-state index contributed by atoms with van der Waals surface area (Å²) in [5.41, 5.74) is -0.379. The highest BCUT2D eigenvalue weighted by Crippen LogP contribution is 2.36. The van der Waals surface area contributed by atoms with Crippen molar-refractivity contribution < 1.29 is 45.7 Å². The number of phenolic OH excluding ortho intramolecular Hbond substituents is 1. The minimum atomic E-state index is -4.94. The molecule has 0 saturated heterocycles. The molecule has 0 heterocycles. The van der Waals surface area contributed by atoms with Gasteiger partial charge in [0, 0.05) is 0 Å². The van der Waals surface area contributed by atoms with Crippen LogP contribution in [0.4, 0.5) is 0 Å². The van der Waals surface area contributed by atoms with Gasteiger partial charge >= 0.3 is 5.97 Å². The first-order valence-electron chi connectivity index (χ1n) is 8.60. The van der Waals surface area contributed by atoms with Crippen molar-refractivity contribution in [2.45, 2.75) is 4.90 Å². The molecule has 0 aromatic heterocycles. The normalized spacial score (nSPS) is 15.9. The van der Waals surface area contributed by atoms with E-state index in [9.17, 15) is 45.7 Å². The minimum absolute atomic E-state index is 0.00640. The Morgan fingerprint density at radius 2 is 1.47 bits per heavy atom. The molecular formula is C20H14O10S2. The first-order chi connectivity index (χ1) is 14.8. The molecule has 0 saturated carbocycles. The maximum Gasteiger partial charge on any atom is 0.336 e. The Hall–Kier alpha value is -3.58. The molecule has 2 aromatic carbocycles. The van der Waals surface area contributed by atoms with Crippen molar-refractivity contribution in [3.05, 3.63) is 87.9 Å². The van der Waals surface area contributed by atoms with Gasteiger partial charge in [-0.15, -0.1) is 0 Å². The summed E-state index contributed by atoms with van der Waals surface area (Å²) < 4.78 is 65.3. The summed E-state index contributed by atoms with van der Waals surface area (Å²) in [5, 5.41) is 19.4. The molecule has 1 aliphatic rings. The molecule has 12 heteroatoms. The van der Waals surface area contributed by atoms with Crippen molar-refractivity contribution in [2.24, 2.45) is 0 Å². The third-order valence-electron chi connectivity index (χ3n) is 4.46. The van der Waals surface area contributed by atoms with Gasteiger partial charge in [0.05, 0.1) is 5.56 Å². The molecule has 0 aliphatic heterocycles. The standard InChI is InChI=1S/C20H14O10S2/c21-15-7-5-11(9-17(15)31(25,26)27)19(13-3-1-2-4-14(13)20(23)24)12-6-8-16(22)18(10-12)32(28,29)30/h1-10,21H,(H,23,24)(H,25,26,27)(H,28,29,30). The molecule has 0 amide bonds. The van der Waals surface area contributed by atoms with Gasteiger partial charge in [-0.25, -0.2) is 4.79 Å². The summed E-state index contributed by atoms with van der Waals surface area (Å²) in [6, 6.07) is 8.50. The zero-order valence-electron chi connectivity index (χ0n) is 15.8. The molecule has 10 nitrogen and oxygen atoms in total. The lowest BCUT2D eigenvalue weighted by Gasteiger charge is -2.17. The van der Waals surface area contributed by atoms with Crippen LogP contribution >= 0.6 is 0 Å². The van der Waals surface area contributed by atoms with Gasteiger partial charge in [0.1, 0.15) is 15.6 Å². The summed E-state index contributed by atoms with van der Waals surface area (Å²) in [4.78, 5) is 21.8. The average molecular weight is 478 g/mol. The largest absolute Gasteiger partial charge is 0.506 e. The quantitative estimate of drug-likeness (QED) is 0.464. The fourth-order valence-electron chi connectivity index (χ4n) is 3.11. The van der Waals surface area contributed by atoms with Gasteiger partial charge in [-0.2, -0.15) is 16.8 Å². The van der Waals surface area contributed by atoms with Crippen molar-refractivity contribution in [2.75, 3.05) is 0 Å². The SMILES string of the molecule is O=C1C=CC(=C(c2ccc(O)c(S(=O)(=O)O)c2)c2ccccc2C(=O)O)C=C1S(=O)(=O)O. The number of ketones is 1. The fraction of sp³-hybridized carbons (Fsp3) is 0. The van der Waals surface area contributed by atoms with E-state index in [4.69, 9.17) is 0 Å². The first-order valence-corrected chi connectivity index (χ1v) is 11.5. The number of phenols is 1. The van der Waals surface area contributed by atoms with Crippen molar-refractivity contribution in [1.82, 2.24) is 0 Å². The van der Waals surface area contributed by atoms with Crippen LogP contribution < -0.4 is 0 Å². The van der Waals surface area contributed by atoms with Crippen LogP contribution in [-0.2, 0) is 25.0 Å². The third kappa shape index (κ3) is 4.53. The Morgan fingerprint density at radius 3 is 2.03 bits per heavy atom. The number of allylic oxidation sites excluding steroid dienone is 5. The lowest BCUT2D eigenvalue weighted by atomic mass is 9.88. The smallest absolute Gasteiger partial charge is 0.336 e. The maximum atomic E-state index is 11.9. The van der Waals surface area contributed by atoms with Crippen LogP contribution in [0.1, 0.15) is 21.5 Å². The number of hydrogen-bond donors (Lipinski definition) is 4. The van der Waals surface area contributed by atoms with Crippen molar-refractivity contribution in [3.63, 3.8) is 0 Å². The predicted octanol–water partition coefficient (Wildman–Crippen LogP) is 2.05. The summed E-state index contributed by atoms with van der Waals surface area (Å²) >= 11 is 0. The van der Waals surface area contributed by atoms with Crippen LogP contribution in [0.2, 0.25) is 0 Å². The molecule has 0 spiro atoms. The van der Waals surface area contributed by atoms with E-state index in [1.165, 1.54) is 30.3 Å². The Morgan fingerprint density at radius 1 is 0.844 bits per heavy atom. The zero-order chi connectivity index (χ0) is 23.8. The van der Waals surface area contributed by atoms with Crippen LogP contribution in [0.3, 0.4) is 0 Å². The summed E-state index contributed by atoms with van der Waals surface area (Å²) in [6.07, 6.45) is 2.81. The number of carbonyl (C=O) groups is 2. The van der Waals surface area contributed by atoms with Gasteiger partial charge in [-0.1, -0.05) is 30.3 Å². The molecule has 166 valence electrons. The van der Waals surface area contributed by atoms with Gasteiger partial charge in [0.25, 0.3) is 20.2 Å². The van der Waals surface area contributed by atoms with E-state index in [1.54, 1.807) is 0 Å². The van der Waals surface area contributed by atoms with Gasteiger partial charge in [0.15, 0.2) is 5.78 Å². The zero-order valence-corrected chi connectivity index (χ0v) is 17.5. The Bertz CT molecular complexity index is 1460. The Labute approximate surface area is 182 Å². The summed E-state index contributed by atoms with van der Waals surface area (Å²) in [5.74, 6) is -3.16. The Kier molecular flexibility index (Phi) is 5.89. The van der Waals surface area contributed by atoms with Crippen molar-refractivity contribution in [1.29, 1.82) is 0 Å². The molecule has 3 rings (SSSR count). The van der Waals surface area contributed by atoms with E-state index in [0.717, 1.165) is 30.4 Å². The van der Waals surface area contributed by atoms with E-state index >= 15 is 0 Å². The van der Waals surface area contributed by atoms with E-state index < -0.39 is 47.5 Å². The molecule has 0 bridgehead atoms. The number of aromatic carboxylic acids is 1. The third-order valence-corrected chi connectivity index (χ3v) is 6.22. The summed E-state index contributed by atoms with van der Waals surface area (Å²) in [7, 11) is -9.82. The number of hydrogen-bond acceptors (Lipinski definition) is 7. The molecule has 0 unspecified atom stereocenters. The molecule has 0 fully saturated rings. The topological polar surface area (TPSA) is 183 Å². The van der Waals surface area contributed by atoms with Crippen LogP contribution in [-0.4, -0.2) is 47.9 Å². The van der Waals surface area contributed by atoms with Crippen LogP contribution in [0.15, 0.2) is 76.1 Å². The molecule has 1 aliphatic carbocycles. The first kappa shape index (κ1) is 23.1. The second kappa shape index (κ2) is 8.16. The molecule has 32 heavy (non-hydrogen) atoms. The molecule has 0 atom stereocenters. The number of carboxylic acids is 1. The maximum absolute atomic E-state index is 11.9. The molecule has 4 N–H and O–H groups in total. The van der Waals surface area contributed by atoms with Gasteiger partial charge < -0.3 is 10.2 Å². The van der Waals surface area contributed by atoms with Gasteiger partial charge in [0.2, 0.25) is 0 Å². The van der Waals surface area contributed by atoms with Gasteiger partial charge in [-0.3, -0.25) is 13.9 Å². The second-order valence-electron chi connectivity index (χ2n) is 6.52.